The van der Waals surface area contributed by atoms with Gasteiger partial charge in [0.25, 0.3) is 0 Å². The van der Waals surface area contributed by atoms with Gasteiger partial charge in [0, 0.05) is 19.0 Å². The van der Waals surface area contributed by atoms with E-state index < -0.39 is 9.84 Å². The van der Waals surface area contributed by atoms with Crippen LogP contribution in [0, 0.1) is 0 Å². The summed E-state index contributed by atoms with van der Waals surface area (Å²) in [5.74, 6) is 1.09. The quantitative estimate of drug-likeness (QED) is 0.822. The summed E-state index contributed by atoms with van der Waals surface area (Å²) in [6, 6.07) is 7.57. The van der Waals surface area contributed by atoms with Crippen molar-refractivity contribution in [1.82, 2.24) is 14.5 Å². The van der Waals surface area contributed by atoms with E-state index in [9.17, 15) is 13.2 Å². The van der Waals surface area contributed by atoms with Crippen LogP contribution in [0.15, 0.2) is 24.3 Å². The Kier molecular flexibility index (Phi) is 4.62. The number of carbonyl (C=O) groups excluding carboxylic acids is 1. The van der Waals surface area contributed by atoms with Gasteiger partial charge < -0.3 is 9.47 Å². The van der Waals surface area contributed by atoms with Crippen molar-refractivity contribution >= 4 is 26.8 Å². The minimum absolute atomic E-state index is 0.0440. The van der Waals surface area contributed by atoms with Crippen molar-refractivity contribution in [3.8, 4) is 0 Å². The lowest BCUT2D eigenvalue weighted by Crippen LogP contribution is -2.42. The number of nitrogens with zero attached hydrogens (tertiary/aromatic N) is 3. The average molecular weight is 349 g/mol. The maximum atomic E-state index is 12.8. The Morgan fingerprint density at radius 2 is 2.08 bits per heavy atom. The number of sulfone groups is 1. The van der Waals surface area contributed by atoms with Crippen LogP contribution in [0.25, 0.3) is 11.0 Å². The fraction of sp³-hybridized carbons (Fsp3) is 0.529. The highest BCUT2D eigenvalue weighted by molar-refractivity contribution is 7.91. The van der Waals surface area contributed by atoms with Crippen LogP contribution >= 0.6 is 0 Å². The SMILES string of the molecule is CCc1nc2ccccc2n1CC(=O)N(CC)C1CCS(=O)(=O)C1. The highest BCUT2D eigenvalue weighted by atomic mass is 32.2. The Bertz CT molecular complexity index is 857. The van der Waals surface area contributed by atoms with E-state index in [4.69, 9.17) is 0 Å². The van der Waals surface area contributed by atoms with Gasteiger partial charge in [-0.15, -0.1) is 0 Å². The van der Waals surface area contributed by atoms with Gasteiger partial charge in [-0.3, -0.25) is 4.79 Å². The molecule has 24 heavy (non-hydrogen) atoms. The molecule has 1 aliphatic heterocycles. The molecule has 1 fully saturated rings. The lowest BCUT2D eigenvalue weighted by Gasteiger charge is -2.27. The number of aryl methyl sites for hydroxylation is 1. The molecule has 1 aromatic carbocycles. The molecule has 3 rings (SSSR count). The van der Waals surface area contributed by atoms with Gasteiger partial charge in [-0.1, -0.05) is 19.1 Å². The monoisotopic (exact) mass is 349 g/mol. The number of amides is 1. The number of carbonyl (C=O) groups is 1. The molecule has 130 valence electrons. The summed E-state index contributed by atoms with van der Waals surface area (Å²) in [5.41, 5.74) is 1.83. The molecular weight excluding hydrogens is 326 g/mol. The van der Waals surface area contributed by atoms with Crippen molar-refractivity contribution in [2.24, 2.45) is 0 Å². The van der Waals surface area contributed by atoms with E-state index in [1.165, 1.54) is 0 Å². The van der Waals surface area contributed by atoms with Crippen LogP contribution in [0.3, 0.4) is 0 Å². The van der Waals surface area contributed by atoms with Gasteiger partial charge in [-0.2, -0.15) is 0 Å². The van der Waals surface area contributed by atoms with Gasteiger partial charge in [-0.05, 0) is 25.5 Å². The van der Waals surface area contributed by atoms with Gasteiger partial charge in [-0.25, -0.2) is 13.4 Å². The van der Waals surface area contributed by atoms with Crippen LogP contribution < -0.4 is 0 Å². The maximum Gasteiger partial charge on any atom is 0.242 e. The fourth-order valence-electron chi connectivity index (χ4n) is 3.46. The molecule has 2 heterocycles. The molecule has 1 amide bonds. The minimum atomic E-state index is -3.01. The first kappa shape index (κ1) is 17.0. The lowest BCUT2D eigenvalue weighted by atomic mass is 10.2. The van der Waals surface area contributed by atoms with Crippen LogP contribution in [-0.4, -0.2) is 52.9 Å². The van der Waals surface area contributed by atoms with Gasteiger partial charge in [0.15, 0.2) is 9.84 Å². The van der Waals surface area contributed by atoms with E-state index in [1.807, 2.05) is 42.7 Å². The van der Waals surface area contributed by atoms with Crippen LogP contribution in [0.2, 0.25) is 0 Å². The minimum Gasteiger partial charge on any atom is -0.337 e. The molecule has 0 N–H and O–H groups in total. The number of rotatable bonds is 5. The molecule has 0 spiro atoms. The molecule has 1 unspecified atom stereocenters. The Labute approximate surface area is 142 Å². The van der Waals surface area contributed by atoms with Crippen molar-refractivity contribution in [1.29, 1.82) is 0 Å². The summed E-state index contributed by atoms with van der Waals surface area (Å²) < 4.78 is 25.4. The van der Waals surface area contributed by atoms with Crippen LogP contribution in [0.1, 0.15) is 26.1 Å². The van der Waals surface area contributed by atoms with Crippen molar-refractivity contribution in [2.75, 3.05) is 18.1 Å². The standard InChI is InChI=1S/C17H23N3O3S/c1-3-16-18-14-7-5-6-8-15(14)20(16)11-17(21)19(4-2)13-9-10-24(22,23)12-13/h5-8,13H,3-4,9-12H2,1-2H3. The number of fused-ring (bicyclic) bond motifs is 1. The highest BCUT2D eigenvalue weighted by Gasteiger charge is 2.34. The molecule has 0 aliphatic carbocycles. The number of hydrogen-bond acceptors (Lipinski definition) is 4. The van der Waals surface area contributed by atoms with Gasteiger partial charge in [0.2, 0.25) is 5.91 Å². The van der Waals surface area contributed by atoms with Crippen LogP contribution in [0.4, 0.5) is 0 Å². The molecule has 6 nitrogen and oxygen atoms in total. The number of para-hydroxylation sites is 2. The topological polar surface area (TPSA) is 72.3 Å². The Hall–Kier alpha value is -1.89. The molecule has 1 saturated heterocycles. The van der Waals surface area contributed by atoms with Crippen molar-refractivity contribution in [3.05, 3.63) is 30.1 Å². The van der Waals surface area contributed by atoms with E-state index in [0.717, 1.165) is 23.3 Å². The summed E-state index contributed by atoms with van der Waals surface area (Å²) in [4.78, 5) is 19.1. The van der Waals surface area contributed by atoms with Gasteiger partial charge in [0.1, 0.15) is 12.4 Å². The van der Waals surface area contributed by atoms with E-state index in [0.29, 0.717) is 13.0 Å². The summed E-state index contributed by atoms with van der Waals surface area (Å²) in [6.45, 7) is 4.64. The number of hydrogen-bond donors (Lipinski definition) is 0. The number of aromatic nitrogens is 2. The van der Waals surface area contributed by atoms with E-state index in [2.05, 4.69) is 4.98 Å². The van der Waals surface area contributed by atoms with Gasteiger partial charge >= 0.3 is 0 Å². The largest absolute Gasteiger partial charge is 0.337 e. The molecule has 0 radical (unpaired) electrons. The van der Waals surface area contributed by atoms with E-state index >= 15 is 0 Å². The first-order valence-electron chi connectivity index (χ1n) is 8.39. The second-order valence-electron chi connectivity index (χ2n) is 6.19. The lowest BCUT2D eigenvalue weighted by molar-refractivity contribution is -0.133. The molecular formula is C17H23N3O3S. The Morgan fingerprint density at radius 3 is 2.71 bits per heavy atom. The highest BCUT2D eigenvalue weighted by Crippen LogP contribution is 2.20. The molecule has 1 atom stereocenters. The zero-order valence-corrected chi connectivity index (χ0v) is 14.9. The molecule has 1 aromatic heterocycles. The Morgan fingerprint density at radius 1 is 1.33 bits per heavy atom. The number of imidazole rings is 1. The third kappa shape index (κ3) is 3.17. The van der Waals surface area contributed by atoms with Crippen molar-refractivity contribution in [2.45, 2.75) is 39.3 Å². The van der Waals surface area contributed by atoms with E-state index in [-0.39, 0.29) is 30.0 Å². The second kappa shape index (κ2) is 6.55. The predicted molar refractivity (Wildman–Crippen MR) is 93.6 cm³/mol. The number of likely N-dealkylation sites (N-methyl/N-ethyl adjacent to an activating group) is 1. The van der Waals surface area contributed by atoms with Gasteiger partial charge in [0.05, 0.1) is 22.5 Å². The van der Waals surface area contributed by atoms with Crippen LogP contribution in [0.5, 0.6) is 0 Å². The summed E-state index contributed by atoms with van der Waals surface area (Å²) in [5, 5.41) is 0. The van der Waals surface area contributed by atoms with E-state index in [1.54, 1.807) is 4.90 Å². The average Bonchev–Trinajstić information content (AvgIpc) is 3.08. The molecule has 7 heteroatoms. The predicted octanol–water partition coefficient (Wildman–Crippen LogP) is 1.63. The first-order chi connectivity index (χ1) is 11.4. The molecule has 2 aromatic rings. The zero-order valence-electron chi connectivity index (χ0n) is 14.1. The fourth-order valence-corrected chi connectivity index (χ4v) is 5.19. The summed E-state index contributed by atoms with van der Waals surface area (Å²) >= 11 is 0. The zero-order chi connectivity index (χ0) is 17.3. The van der Waals surface area contributed by atoms with Crippen molar-refractivity contribution < 1.29 is 13.2 Å². The summed E-state index contributed by atoms with van der Waals surface area (Å²) in [6.07, 6.45) is 1.28. The smallest absolute Gasteiger partial charge is 0.242 e. The third-order valence-corrected chi connectivity index (χ3v) is 6.40. The maximum absolute atomic E-state index is 12.8. The normalized spacial score (nSPS) is 19.7. The third-order valence-electron chi connectivity index (χ3n) is 4.65. The molecule has 1 aliphatic rings. The van der Waals surface area contributed by atoms with Crippen LogP contribution in [-0.2, 0) is 27.6 Å². The van der Waals surface area contributed by atoms with Crippen molar-refractivity contribution in [3.63, 3.8) is 0 Å². The second-order valence-corrected chi connectivity index (χ2v) is 8.42. The number of benzene rings is 1. The Balaban J connectivity index is 1.86. The first-order valence-corrected chi connectivity index (χ1v) is 10.2. The molecule has 0 saturated carbocycles. The summed E-state index contributed by atoms with van der Waals surface area (Å²) in [7, 11) is -3.01. The molecule has 0 bridgehead atoms.